The van der Waals surface area contributed by atoms with Crippen LogP contribution in [0.3, 0.4) is 0 Å². The first kappa shape index (κ1) is 22.0. The summed E-state index contributed by atoms with van der Waals surface area (Å²) in [5.41, 5.74) is 3.28. The minimum absolute atomic E-state index is 0.233. The topological polar surface area (TPSA) is 57.3 Å². The van der Waals surface area contributed by atoms with E-state index in [0.29, 0.717) is 23.6 Å². The second kappa shape index (κ2) is 10.4. The second-order valence-corrected chi connectivity index (χ2v) is 8.49. The summed E-state index contributed by atoms with van der Waals surface area (Å²) < 4.78 is 13.5. The van der Waals surface area contributed by atoms with Gasteiger partial charge in [-0.25, -0.2) is 9.37 Å². The lowest BCUT2D eigenvalue weighted by Gasteiger charge is -2.30. The summed E-state index contributed by atoms with van der Waals surface area (Å²) in [6.45, 7) is 6.05. The Morgan fingerprint density at radius 3 is 2.56 bits per heavy atom. The van der Waals surface area contributed by atoms with Crippen molar-refractivity contribution in [3.8, 4) is 0 Å². The van der Waals surface area contributed by atoms with Crippen LogP contribution in [0.15, 0.2) is 66.9 Å². The highest BCUT2D eigenvalue weighted by Gasteiger charge is 2.16. The molecule has 1 fully saturated rings. The van der Waals surface area contributed by atoms with Gasteiger partial charge in [0.05, 0.1) is 5.56 Å². The molecule has 0 bridgehead atoms. The molecule has 1 aliphatic heterocycles. The number of halogens is 1. The van der Waals surface area contributed by atoms with Crippen molar-refractivity contribution in [3.05, 3.63) is 89.4 Å². The Hall–Kier alpha value is -3.25. The summed E-state index contributed by atoms with van der Waals surface area (Å²) in [6, 6.07) is 17.9. The molecule has 1 aromatic heterocycles. The van der Waals surface area contributed by atoms with Crippen molar-refractivity contribution in [2.45, 2.75) is 32.9 Å². The summed E-state index contributed by atoms with van der Waals surface area (Å²) in [4.78, 5) is 19.5. The van der Waals surface area contributed by atoms with Gasteiger partial charge >= 0.3 is 0 Å². The number of pyridine rings is 1. The van der Waals surface area contributed by atoms with Crippen LogP contribution >= 0.6 is 0 Å². The standard InChI is InChI=1S/C26H29FN4O/c1-19-11-14-31(15-12-19)18-21-9-7-20(8-10-21)17-29-26(32)24-6-3-13-28-25(24)30-23-5-2-4-22(27)16-23/h2-10,13,16,19H,11-12,14-15,17-18H2,1H3,(H,28,30)(H,29,32). The maximum atomic E-state index is 13.5. The van der Waals surface area contributed by atoms with E-state index in [1.54, 1.807) is 30.5 Å². The molecule has 6 heteroatoms. The highest BCUT2D eigenvalue weighted by atomic mass is 19.1. The first-order chi connectivity index (χ1) is 15.6. The Morgan fingerprint density at radius 2 is 1.81 bits per heavy atom. The van der Waals surface area contributed by atoms with Crippen LogP contribution in [0.5, 0.6) is 0 Å². The van der Waals surface area contributed by atoms with Crippen molar-refractivity contribution in [3.63, 3.8) is 0 Å². The van der Waals surface area contributed by atoms with E-state index in [0.717, 1.165) is 31.1 Å². The third-order valence-electron chi connectivity index (χ3n) is 5.90. The fourth-order valence-corrected chi connectivity index (χ4v) is 3.91. The van der Waals surface area contributed by atoms with Crippen molar-refractivity contribution in [2.75, 3.05) is 18.4 Å². The summed E-state index contributed by atoms with van der Waals surface area (Å²) >= 11 is 0. The van der Waals surface area contributed by atoms with Crippen molar-refractivity contribution in [2.24, 2.45) is 5.92 Å². The molecule has 166 valence electrons. The van der Waals surface area contributed by atoms with Gasteiger partial charge in [-0.05, 0) is 73.3 Å². The normalized spacial score (nSPS) is 14.8. The van der Waals surface area contributed by atoms with Crippen LogP contribution in [0, 0.1) is 11.7 Å². The first-order valence-corrected chi connectivity index (χ1v) is 11.1. The van der Waals surface area contributed by atoms with Gasteiger partial charge in [0.15, 0.2) is 0 Å². The zero-order chi connectivity index (χ0) is 22.3. The largest absolute Gasteiger partial charge is 0.348 e. The fourth-order valence-electron chi connectivity index (χ4n) is 3.91. The van der Waals surface area contributed by atoms with Crippen LogP contribution in [0.25, 0.3) is 0 Å². The number of hydrogen-bond donors (Lipinski definition) is 2. The van der Waals surface area contributed by atoms with Crippen LogP contribution in [0.1, 0.15) is 41.3 Å². The molecule has 2 heterocycles. The molecule has 0 aliphatic carbocycles. The van der Waals surface area contributed by atoms with Crippen molar-refractivity contribution in [1.82, 2.24) is 15.2 Å². The molecule has 1 aliphatic rings. The Morgan fingerprint density at radius 1 is 1.06 bits per heavy atom. The van der Waals surface area contributed by atoms with Crippen molar-refractivity contribution in [1.29, 1.82) is 0 Å². The molecule has 0 atom stereocenters. The highest BCUT2D eigenvalue weighted by molar-refractivity contribution is 5.99. The molecule has 0 unspecified atom stereocenters. The number of nitrogens with one attached hydrogen (secondary N) is 2. The smallest absolute Gasteiger partial charge is 0.255 e. The highest BCUT2D eigenvalue weighted by Crippen LogP contribution is 2.20. The number of piperidine rings is 1. The van der Waals surface area contributed by atoms with Gasteiger partial charge in [0.1, 0.15) is 11.6 Å². The summed E-state index contributed by atoms with van der Waals surface area (Å²) in [6.07, 6.45) is 4.14. The molecule has 4 rings (SSSR count). The Kier molecular flexibility index (Phi) is 7.12. The van der Waals surface area contributed by atoms with Crippen LogP contribution in [-0.4, -0.2) is 28.9 Å². The third kappa shape index (κ3) is 5.92. The van der Waals surface area contributed by atoms with Crippen molar-refractivity contribution < 1.29 is 9.18 Å². The van der Waals surface area contributed by atoms with Gasteiger partial charge in [0.2, 0.25) is 0 Å². The number of nitrogens with zero attached hydrogens (tertiary/aromatic N) is 2. The maximum absolute atomic E-state index is 13.5. The third-order valence-corrected chi connectivity index (χ3v) is 5.90. The molecular formula is C26H29FN4O. The first-order valence-electron chi connectivity index (χ1n) is 11.1. The summed E-state index contributed by atoms with van der Waals surface area (Å²) in [7, 11) is 0. The Balaban J connectivity index is 1.34. The quantitative estimate of drug-likeness (QED) is 0.544. The minimum Gasteiger partial charge on any atom is -0.348 e. The number of hydrogen-bond acceptors (Lipinski definition) is 4. The van der Waals surface area contributed by atoms with Gasteiger partial charge in [-0.1, -0.05) is 37.3 Å². The van der Waals surface area contributed by atoms with Gasteiger partial charge in [0, 0.05) is 25.0 Å². The van der Waals surface area contributed by atoms with E-state index in [4.69, 9.17) is 0 Å². The molecule has 5 nitrogen and oxygen atoms in total. The monoisotopic (exact) mass is 432 g/mol. The number of benzene rings is 2. The van der Waals surface area contributed by atoms with Crippen molar-refractivity contribution >= 4 is 17.4 Å². The molecule has 32 heavy (non-hydrogen) atoms. The van der Waals surface area contributed by atoms with E-state index < -0.39 is 0 Å². The lowest BCUT2D eigenvalue weighted by molar-refractivity contribution is 0.0951. The van der Waals surface area contributed by atoms with E-state index in [1.807, 2.05) is 0 Å². The average Bonchev–Trinajstić information content (AvgIpc) is 2.80. The Bertz CT molecular complexity index is 1050. The maximum Gasteiger partial charge on any atom is 0.255 e. The van der Waals surface area contributed by atoms with Crippen LogP contribution < -0.4 is 10.6 Å². The van der Waals surface area contributed by atoms with E-state index in [1.165, 1.54) is 30.5 Å². The van der Waals surface area contributed by atoms with Crippen LogP contribution in [-0.2, 0) is 13.1 Å². The number of rotatable bonds is 7. The molecule has 3 aromatic rings. The van der Waals surface area contributed by atoms with Crippen LogP contribution in [0.2, 0.25) is 0 Å². The number of likely N-dealkylation sites (tertiary alicyclic amines) is 1. The zero-order valence-electron chi connectivity index (χ0n) is 18.4. The van der Waals surface area contributed by atoms with Gasteiger partial charge in [-0.15, -0.1) is 0 Å². The van der Waals surface area contributed by atoms with Gasteiger partial charge in [-0.3, -0.25) is 9.69 Å². The average molecular weight is 433 g/mol. The lowest BCUT2D eigenvalue weighted by atomic mass is 9.99. The van der Waals surface area contributed by atoms with Crippen LogP contribution in [0.4, 0.5) is 15.9 Å². The molecule has 1 saturated heterocycles. The molecule has 0 radical (unpaired) electrons. The zero-order valence-corrected chi connectivity index (χ0v) is 18.4. The summed E-state index contributed by atoms with van der Waals surface area (Å²) in [5.74, 6) is 0.641. The molecule has 0 spiro atoms. The van der Waals surface area contributed by atoms with E-state index in [9.17, 15) is 9.18 Å². The number of carbonyl (C=O) groups is 1. The number of aromatic nitrogens is 1. The SMILES string of the molecule is CC1CCN(Cc2ccc(CNC(=O)c3cccnc3Nc3cccc(F)c3)cc2)CC1. The molecule has 2 aromatic carbocycles. The van der Waals surface area contributed by atoms with E-state index >= 15 is 0 Å². The van der Waals surface area contributed by atoms with E-state index in [-0.39, 0.29) is 11.7 Å². The van der Waals surface area contributed by atoms with Gasteiger partial charge < -0.3 is 10.6 Å². The fraction of sp³-hybridized carbons (Fsp3) is 0.308. The number of carbonyl (C=O) groups excluding carboxylic acids is 1. The second-order valence-electron chi connectivity index (χ2n) is 8.49. The van der Waals surface area contributed by atoms with Gasteiger partial charge in [0.25, 0.3) is 5.91 Å². The van der Waals surface area contributed by atoms with Gasteiger partial charge in [-0.2, -0.15) is 0 Å². The Labute approximate surface area is 188 Å². The summed E-state index contributed by atoms with van der Waals surface area (Å²) in [5, 5.41) is 5.98. The molecule has 0 saturated carbocycles. The predicted molar refractivity (Wildman–Crippen MR) is 125 cm³/mol. The van der Waals surface area contributed by atoms with E-state index in [2.05, 4.69) is 51.7 Å². The minimum atomic E-state index is -0.352. The molecular weight excluding hydrogens is 403 g/mol. The number of anilines is 2. The number of amides is 1. The lowest BCUT2D eigenvalue weighted by Crippen LogP contribution is -2.32. The predicted octanol–water partition coefficient (Wildman–Crippen LogP) is 5.13. The molecule has 1 amide bonds. The molecule has 2 N–H and O–H groups in total.